The van der Waals surface area contributed by atoms with Crippen molar-refractivity contribution in [2.24, 2.45) is 5.92 Å². The van der Waals surface area contributed by atoms with Crippen molar-refractivity contribution >= 4 is 5.91 Å². The first-order chi connectivity index (χ1) is 15.8. The number of nitrogens with one attached hydrogen (secondary N) is 1. The molecule has 4 heterocycles. The Morgan fingerprint density at radius 2 is 1.81 bits per heavy atom. The van der Waals surface area contributed by atoms with Gasteiger partial charge in [0.05, 0.1) is 13.2 Å². The van der Waals surface area contributed by atoms with E-state index in [0.29, 0.717) is 18.4 Å². The third-order valence-corrected chi connectivity index (χ3v) is 7.39. The molecular weight excluding hydrogens is 402 g/mol. The van der Waals surface area contributed by atoms with Crippen LogP contribution in [0.15, 0.2) is 24.5 Å². The van der Waals surface area contributed by atoms with Gasteiger partial charge >= 0.3 is 0 Å². The number of rotatable bonds is 9. The number of carbonyl (C=O) groups excluding carboxylic acids is 1. The van der Waals surface area contributed by atoms with E-state index in [1.54, 1.807) is 0 Å². The average molecular weight is 444 g/mol. The summed E-state index contributed by atoms with van der Waals surface area (Å²) in [4.78, 5) is 24.4. The van der Waals surface area contributed by atoms with E-state index >= 15 is 0 Å². The number of hydrogen-bond donors (Lipinski definition) is 1. The maximum atomic E-state index is 12.6. The molecule has 1 aromatic heterocycles. The Hall–Kier alpha value is -1.54. The van der Waals surface area contributed by atoms with Crippen molar-refractivity contribution in [2.75, 3.05) is 65.6 Å². The van der Waals surface area contributed by atoms with Crippen molar-refractivity contribution in [1.29, 1.82) is 0 Å². The monoisotopic (exact) mass is 443 g/mol. The predicted molar refractivity (Wildman–Crippen MR) is 126 cm³/mol. The van der Waals surface area contributed by atoms with Gasteiger partial charge in [-0.15, -0.1) is 0 Å². The zero-order valence-corrected chi connectivity index (χ0v) is 19.6. The molecule has 0 aromatic carbocycles. The van der Waals surface area contributed by atoms with E-state index in [0.717, 1.165) is 65.4 Å². The number of carbonyl (C=O) groups is 1. The second-order valence-electron chi connectivity index (χ2n) is 9.65. The van der Waals surface area contributed by atoms with Crippen LogP contribution in [0.3, 0.4) is 0 Å². The molecule has 1 N–H and O–H groups in total. The van der Waals surface area contributed by atoms with E-state index < -0.39 is 0 Å². The quantitative estimate of drug-likeness (QED) is 0.630. The van der Waals surface area contributed by atoms with Gasteiger partial charge in [0.2, 0.25) is 5.91 Å². The third kappa shape index (κ3) is 7.24. The van der Waals surface area contributed by atoms with Crippen LogP contribution in [0.2, 0.25) is 0 Å². The van der Waals surface area contributed by atoms with Crippen LogP contribution in [0.5, 0.6) is 0 Å². The molecule has 4 rings (SSSR count). The van der Waals surface area contributed by atoms with Gasteiger partial charge in [-0.1, -0.05) is 6.42 Å². The van der Waals surface area contributed by atoms with Gasteiger partial charge in [-0.3, -0.25) is 19.6 Å². The van der Waals surface area contributed by atoms with Gasteiger partial charge in [-0.25, -0.2) is 0 Å². The molecule has 3 saturated heterocycles. The molecule has 0 radical (unpaired) electrons. The van der Waals surface area contributed by atoms with Gasteiger partial charge in [0.25, 0.3) is 0 Å². The van der Waals surface area contributed by atoms with E-state index in [-0.39, 0.29) is 5.91 Å². The number of nitrogens with zero attached hydrogens (tertiary/aromatic N) is 4. The standard InChI is InChI=1S/C25H41N5O2/c31-25(27-11-15-28-12-2-1-3-13-28)5-4-23-21-29(20-22-6-9-26-10-7-22)14-8-24(23)30-16-18-32-19-17-30/h6-7,9-10,23-24H,1-5,8,11-21H2,(H,27,31)/t23-,24+/m0/s1. The van der Waals surface area contributed by atoms with Crippen LogP contribution in [-0.2, 0) is 16.1 Å². The molecule has 178 valence electrons. The average Bonchev–Trinajstić information content (AvgIpc) is 2.85. The Labute approximate surface area is 193 Å². The Bertz CT molecular complexity index is 676. The lowest BCUT2D eigenvalue weighted by atomic mass is 9.86. The highest BCUT2D eigenvalue weighted by atomic mass is 16.5. The Morgan fingerprint density at radius 1 is 1.03 bits per heavy atom. The van der Waals surface area contributed by atoms with E-state index in [9.17, 15) is 4.79 Å². The number of aromatic nitrogens is 1. The van der Waals surface area contributed by atoms with Crippen LogP contribution in [0, 0.1) is 5.92 Å². The smallest absolute Gasteiger partial charge is 0.220 e. The molecular formula is C25H41N5O2. The minimum absolute atomic E-state index is 0.217. The summed E-state index contributed by atoms with van der Waals surface area (Å²) in [5.74, 6) is 0.741. The maximum absolute atomic E-state index is 12.6. The molecule has 1 amide bonds. The number of piperidine rings is 2. The lowest BCUT2D eigenvalue weighted by molar-refractivity contribution is -0.121. The number of morpholine rings is 1. The van der Waals surface area contributed by atoms with Crippen molar-refractivity contribution in [3.8, 4) is 0 Å². The van der Waals surface area contributed by atoms with Crippen molar-refractivity contribution in [3.63, 3.8) is 0 Å². The summed E-state index contributed by atoms with van der Waals surface area (Å²) in [6, 6.07) is 4.78. The molecule has 3 aliphatic heterocycles. The molecule has 7 nitrogen and oxygen atoms in total. The fraction of sp³-hybridized carbons (Fsp3) is 0.760. The molecule has 32 heavy (non-hydrogen) atoms. The second-order valence-corrected chi connectivity index (χ2v) is 9.65. The summed E-state index contributed by atoms with van der Waals surface area (Å²) in [6.07, 6.45) is 10.5. The summed E-state index contributed by atoms with van der Waals surface area (Å²) in [5, 5.41) is 3.18. The molecule has 3 aliphatic rings. The first-order valence-corrected chi connectivity index (χ1v) is 12.7. The first kappa shape index (κ1) is 23.6. The SMILES string of the molecule is O=C(CC[C@H]1CN(Cc2ccncc2)CC[C@H]1N1CCOCC1)NCCN1CCCCC1. The van der Waals surface area contributed by atoms with E-state index in [1.807, 2.05) is 12.4 Å². The van der Waals surface area contributed by atoms with Crippen molar-refractivity contribution in [3.05, 3.63) is 30.1 Å². The molecule has 0 saturated carbocycles. The zero-order valence-electron chi connectivity index (χ0n) is 19.6. The van der Waals surface area contributed by atoms with Gasteiger partial charge in [0, 0.05) is 64.1 Å². The fourth-order valence-corrected chi connectivity index (χ4v) is 5.60. The summed E-state index contributed by atoms with van der Waals surface area (Å²) < 4.78 is 5.59. The number of likely N-dealkylation sites (tertiary alicyclic amines) is 2. The number of ether oxygens (including phenoxy) is 1. The van der Waals surface area contributed by atoms with Crippen LogP contribution >= 0.6 is 0 Å². The Balaban J connectivity index is 1.26. The lowest BCUT2D eigenvalue weighted by Gasteiger charge is -2.45. The van der Waals surface area contributed by atoms with E-state index in [1.165, 1.54) is 44.3 Å². The van der Waals surface area contributed by atoms with Gasteiger partial charge < -0.3 is 15.0 Å². The van der Waals surface area contributed by atoms with Gasteiger partial charge in [-0.2, -0.15) is 0 Å². The molecule has 1 aromatic rings. The highest BCUT2D eigenvalue weighted by Gasteiger charge is 2.34. The van der Waals surface area contributed by atoms with E-state index in [4.69, 9.17) is 4.74 Å². The molecule has 3 fully saturated rings. The first-order valence-electron chi connectivity index (χ1n) is 12.7. The van der Waals surface area contributed by atoms with Crippen LogP contribution in [0.1, 0.15) is 44.1 Å². The highest BCUT2D eigenvalue weighted by molar-refractivity contribution is 5.75. The molecule has 0 aliphatic carbocycles. The van der Waals surface area contributed by atoms with Crippen LogP contribution in [0.4, 0.5) is 0 Å². The predicted octanol–water partition coefficient (Wildman–Crippen LogP) is 1.99. The van der Waals surface area contributed by atoms with Crippen LogP contribution < -0.4 is 5.32 Å². The number of amides is 1. The normalized spacial score (nSPS) is 26.1. The van der Waals surface area contributed by atoms with Gasteiger partial charge in [0.15, 0.2) is 0 Å². The summed E-state index contributed by atoms with van der Waals surface area (Å²) in [7, 11) is 0. The maximum Gasteiger partial charge on any atom is 0.220 e. The number of pyridine rings is 1. The van der Waals surface area contributed by atoms with Gasteiger partial charge in [0.1, 0.15) is 0 Å². The summed E-state index contributed by atoms with van der Waals surface area (Å²) in [5.41, 5.74) is 1.32. The van der Waals surface area contributed by atoms with Crippen LogP contribution in [-0.4, -0.2) is 97.2 Å². The number of hydrogen-bond acceptors (Lipinski definition) is 6. The molecule has 0 unspecified atom stereocenters. The van der Waals surface area contributed by atoms with Crippen LogP contribution in [0.25, 0.3) is 0 Å². The summed E-state index contributed by atoms with van der Waals surface area (Å²) >= 11 is 0. The van der Waals surface area contributed by atoms with Crippen molar-refractivity contribution in [2.45, 2.75) is 51.1 Å². The molecule has 2 atom stereocenters. The molecule has 0 bridgehead atoms. The van der Waals surface area contributed by atoms with Gasteiger partial charge in [-0.05, 0) is 68.9 Å². The summed E-state index contributed by atoms with van der Waals surface area (Å²) in [6.45, 7) is 11.0. The minimum atomic E-state index is 0.217. The van der Waals surface area contributed by atoms with Crippen molar-refractivity contribution in [1.82, 2.24) is 25.0 Å². The zero-order chi connectivity index (χ0) is 22.0. The second kappa shape index (κ2) is 12.6. The van der Waals surface area contributed by atoms with E-state index in [2.05, 4.69) is 37.1 Å². The fourth-order valence-electron chi connectivity index (χ4n) is 5.60. The molecule has 7 heteroatoms. The Morgan fingerprint density at radius 3 is 2.59 bits per heavy atom. The third-order valence-electron chi connectivity index (χ3n) is 7.39. The largest absolute Gasteiger partial charge is 0.379 e. The molecule has 0 spiro atoms. The lowest BCUT2D eigenvalue weighted by Crippen LogP contribution is -2.54. The van der Waals surface area contributed by atoms with Crippen molar-refractivity contribution < 1.29 is 9.53 Å². The Kier molecular flexibility index (Phi) is 9.32. The topological polar surface area (TPSA) is 60.9 Å². The minimum Gasteiger partial charge on any atom is -0.379 e. The highest BCUT2D eigenvalue weighted by Crippen LogP contribution is 2.28.